The van der Waals surface area contributed by atoms with Crippen LogP contribution in [0.25, 0.3) is 10.2 Å². The number of hydrogen-bond acceptors (Lipinski definition) is 3. The Morgan fingerprint density at radius 3 is 2.50 bits per heavy atom. The minimum atomic E-state index is -1.22. The van der Waals surface area contributed by atoms with Crippen LogP contribution in [-0.4, -0.2) is 21.6 Å². The van der Waals surface area contributed by atoms with E-state index in [1.165, 1.54) is 16.7 Å². The molecule has 0 saturated carbocycles. The third-order valence-corrected chi connectivity index (χ3v) is 5.39. The fourth-order valence-electron chi connectivity index (χ4n) is 2.68. The fraction of sp³-hybridized carbons (Fsp3) is 0.167. The summed E-state index contributed by atoms with van der Waals surface area (Å²) in [6.07, 6.45) is 0.115. The van der Waals surface area contributed by atoms with Crippen LogP contribution in [0.4, 0.5) is 13.2 Å². The van der Waals surface area contributed by atoms with Gasteiger partial charge in [-0.15, -0.1) is 0 Å². The first-order chi connectivity index (χ1) is 13.2. The molecule has 0 spiro atoms. The number of hydrogen-bond donors (Lipinski definition) is 1. The van der Waals surface area contributed by atoms with E-state index in [1.807, 2.05) is 0 Å². The van der Waals surface area contributed by atoms with Gasteiger partial charge >= 0.3 is 5.97 Å². The summed E-state index contributed by atoms with van der Waals surface area (Å²) in [5, 5.41) is 9.22. The summed E-state index contributed by atoms with van der Waals surface area (Å²) in [7, 11) is 0. The van der Waals surface area contributed by atoms with Crippen LogP contribution in [0.5, 0.6) is 0 Å². The molecule has 10 heteroatoms. The molecular formula is C18H12ClF3N2O3S. The average Bonchev–Trinajstić information content (AvgIpc) is 2.99. The zero-order chi connectivity index (χ0) is 20.6. The molecule has 1 unspecified atom stereocenters. The van der Waals surface area contributed by atoms with Crippen molar-refractivity contribution in [3.63, 3.8) is 0 Å². The molecule has 2 aromatic carbocycles. The monoisotopic (exact) mass is 428 g/mol. The van der Waals surface area contributed by atoms with E-state index < -0.39 is 35.4 Å². The van der Waals surface area contributed by atoms with Crippen molar-refractivity contribution in [1.82, 2.24) is 4.57 Å². The smallest absolute Gasteiger partial charge is 0.326 e. The molecule has 1 aromatic heterocycles. The van der Waals surface area contributed by atoms with Gasteiger partial charge in [0.05, 0.1) is 15.2 Å². The Balaban J connectivity index is 2.27. The highest BCUT2D eigenvalue weighted by Crippen LogP contribution is 2.27. The van der Waals surface area contributed by atoms with Gasteiger partial charge in [-0.2, -0.15) is 4.99 Å². The molecule has 1 amide bonds. The van der Waals surface area contributed by atoms with E-state index in [2.05, 4.69) is 4.99 Å². The molecule has 3 aromatic rings. The second-order valence-corrected chi connectivity index (χ2v) is 7.16. The SMILES string of the molecule is CCC(C(=O)O)n1/c(=N/C(=O)c2ccc(F)c(Cl)c2)sc2c(F)c(F)ccc21. The number of fused-ring (bicyclic) bond motifs is 1. The third kappa shape index (κ3) is 3.55. The van der Waals surface area contributed by atoms with Crippen LogP contribution in [0.1, 0.15) is 29.7 Å². The van der Waals surface area contributed by atoms with E-state index >= 15 is 0 Å². The first-order valence-corrected chi connectivity index (χ1v) is 9.20. The molecule has 0 saturated heterocycles. The topological polar surface area (TPSA) is 71.7 Å². The van der Waals surface area contributed by atoms with Crippen LogP contribution < -0.4 is 4.80 Å². The van der Waals surface area contributed by atoms with Gasteiger partial charge in [-0.3, -0.25) is 4.79 Å². The number of carbonyl (C=O) groups excluding carboxylic acids is 1. The van der Waals surface area contributed by atoms with Crippen LogP contribution in [0.15, 0.2) is 35.3 Å². The number of thiazole rings is 1. The van der Waals surface area contributed by atoms with Gasteiger partial charge in [-0.05, 0) is 36.8 Å². The van der Waals surface area contributed by atoms with Crippen LogP contribution in [0, 0.1) is 17.5 Å². The third-order valence-electron chi connectivity index (χ3n) is 4.04. The zero-order valence-electron chi connectivity index (χ0n) is 14.2. The second kappa shape index (κ2) is 7.76. The summed E-state index contributed by atoms with van der Waals surface area (Å²) in [6.45, 7) is 1.60. The summed E-state index contributed by atoms with van der Waals surface area (Å²) >= 11 is 6.31. The van der Waals surface area contributed by atoms with Crippen LogP contribution in [0.2, 0.25) is 5.02 Å². The van der Waals surface area contributed by atoms with Crippen LogP contribution >= 0.6 is 22.9 Å². The van der Waals surface area contributed by atoms with E-state index in [1.54, 1.807) is 6.92 Å². The molecular weight excluding hydrogens is 417 g/mol. The number of aliphatic carboxylic acids is 1. The van der Waals surface area contributed by atoms with E-state index in [0.717, 1.165) is 18.2 Å². The maximum absolute atomic E-state index is 14.2. The standard InChI is InChI=1S/C18H12ClF3N2O3S/c1-2-12(17(26)27)24-13-6-5-11(21)14(22)15(13)28-18(24)23-16(25)8-3-4-10(20)9(19)7-8/h3-7,12H,2H2,1H3,(H,26,27)/b23-18-. The number of amides is 1. The lowest BCUT2D eigenvalue weighted by Crippen LogP contribution is -2.27. The van der Waals surface area contributed by atoms with E-state index in [-0.39, 0.29) is 32.0 Å². The predicted octanol–water partition coefficient (Wildman–Crippen LogP) is 4.55. The summed E-state index contributed by atoms with van der Waals surface area (Å²) in [4.78, 5) is 27.9. The Kier molecular flexibility index (Phi) is 5.57. The molecule has 5 nitrogen and oxygen atoms in total. The van der Waals surface area contributed by atoms with Crippen molar-refractivity contribution < 1.29 is 27.9 Å². The van der Waals surface area contributed by atoms with Gasteiger partial charge in [0.2, 0.25) is 0 Å². The first kappa shape index (κ1) is 20.1. The number of nitrogens with zero attached hydrogens (tertiary/aromatic N) is 2. The lowest BCUT2D eigenvalue weighted by Gasteiger charge is -2.13. The van der Waals surface area contributed by atoms with Crippen LogP contribution in [0.3, 0.4) is 0 Å². The van der Waals surface area contributed by atoms with Gasteiger partial charge in [0.1, 0.15) is 11.9 Å². The summed E-state index contributed by atoms with van der Waals surface area (Å²) in [5.41, 5.74) is 0.0623. The van der Waals surface area contributed by atoms with Gasteiger partial charge in [0, 0.05) is 5.56 Å². The number of aromatic nitrogens is 1. The number of carboxylic acid groups (broad SMARTS) is 1. The maximum atomic E-state index is 14.2. The van der Waals surface area contributed by atoms with Crippen LogP contribution in [-0.2, 0) is 4.79 Å². The Hall–Kier alpha value is -2.65. The second-order valence-electron chi connectivity index (χ2n) is 5.77. The molecule has 0 aliphatic heterocycles. The van der Waals surface area contributed by atoms with E-state index in [9.17, 15) is 27.9 Å². The number of carboxylic acids is 1. The molecule has 3 rings (SSSR count). The molecule has 1 heterocycles. The lowest BCUT2D eigenvalue weighted by atomic mass is 10.2. The molecule has 0 aliphatic carbocycles. The van der Waals surface area contributed by atoms with Gasteiger partial charge in [-0.25, -0.2) is 18.0 Å². The Morgan fingerprint density at radius 2 is 1.89 bits per heavy atom. The fourth-order valence-corrected chi connectivity index (χ4v) is 3.95. The minimum Gasteiger partial charge on any atom is -0.480 e. The number of halogens is 4. The Morgan fingerprint density at radius 1 is 1.21 bits per heavy atom. The maximum Gasteiger partial charge on any atom is 0.326 e. The van der Waals surface area contributed by atoms with Crippen molar-refractivity contribution >= 4 is 45.0 Å². The molecule has 0 bridgehead atoms. The lowest BCUT2D eigenvalue weighted by molar-refractivity contribution is -0.140. The molecule has 1 N–H and O–H groups in total. The van der Waals surface area contributed by atoms with E-state index in [4.69, 9.17) is 11.6 Å². The normalized spacial score (nSPS) is 13.1. The highest BCUT2D eigenvalue weighted by atomic mass is 35.5. The van der Waals surface area contributed by atoms with Crippen molar-refractivity contribution in [1.29, 1.82) is 0 Å². The number of carbonyl (C=O) groups is 2. The molecule has 1 atom stereocenters. The van der Waals surface area contributed by atoms with Gasteiger partial charge < -0.3 is 9.67 Å². The zero-order valence-corrected chi connectivity index (χ0v) is 15.8. The summed E-state index contributed by atoms with van der Waals surface area (Å²) in [5.74, 6) is -5.03. The highest BCUT2D eigenvalue weighted by Gasteiger charge is 2.24. The minimum absolute atomic E-state index is 0.0366. The van der Waals surface area contributed by atoms with Crippen molar-refractivity contribution in [3.8, 4) is 0 Å². The van der Waals surface area contributed by atoms with E-state index in [0.29, 0.717) is 11.3 Å². The summed E-state index contributed by atoms with van der Waals surface area (Å²) < 4.78 is 42.1. The first-order valence-electron chi connectivity index (χ1n) is 8.00. The van der Waals surface area contributed by atoms with Crippen molar-refractivity contribution in [3.05, 3.63) is 63.2 Å². The van der Waals surface area contributed by atoms with Gasteiger partial charge in [0.15, 0.2) is 16.4 Å². The molecule has 28 heavy (non-hydrogen) atoms. The molecule has 0 aliphatic rings. The van der Waals surface area contributed by atoms with Gasteiger partial charge in [-0.1, -0.05) is 29.9 Å². The predicted molar refractivity (Wildman–Crippen MR) is 98.0 cm³/mol. The average molecular weight is 429 g/mol. The highest BCUT2D eigenvalue weighted by molar-refractivity contribution is 7.16. The molecule has 146 valence electrons. The van der Waals surface area contributed by atoms with Crippen molar-refractivity contribution in [2.75, 3.05) is 0 Å². The largest absolute Gasteiger partial charge is 0.480 e. The number of benzene rings is 2. The van der Waals surface area contributed by atoms with Gasteiger partial charge in [0.25, 0.3) is 5.91 Å². The number of rotatable bonds is 4. The quantitative estimate of drug-likeness (QED) is 0.662. The molecule has 0 fully saturated rings. The van der Waals surface area contributed by atoms with Crippen molar-refractivity contribution in [2.45, 2.75) is 19.4 Å². The molecule has 0 radical (unpaired) electrons. The summed E-state index contributed by atoms with van der Waals surface area (Å²) in [6, 6.07) is 4.19. The Labute approximate surface area is 165 Å². The van der Waals surface area contributed by atoms with Crippen molar-refractivity contribution in [2.24, 2.45) is 4.99 Å². The Bertz CT molecular complexity index is 1170.